The fourth-order valence-corrected chi connectivity index (χ4v) is 1.41. The van der Waals surface area contributed by atoms with Gasteiger partial charge in [-0.2, -0.15) is 0 Å². The minimum absolute atomic E-state index is 0.0407. The van der Waals surface area contributed by atoms with Crippen LogP contribution < -0.4 is 11.1 Å². The Morgan fingerprint density at radius 2 is 2.31 bits per heavy atom. The summed E-state index contributed by atoms with van der Waals surface area (Å²) in [6.07, 6.45) is 0.835. The highest BCUT2D eigenvalue weighted by atomic mass is 16.5. The molecule has 0 aliphatic heterocycles. The van der Waals surface area contributed by atoms with Crippen LogP contribution in [-0.4, -0.2) is 25.7 Å². The van der Waals surface area contributed by atoms with E-state index in [1.807, 2.05) is 6.92 Å². The lowest BCUT2D eigenvalue weighted by Gasteiger charge is -2.15. The zero-order valence-corrected chi connectivity index (χ0v) is 9.69. The summed E-state index contributed by atoms with van der Waals surface area (Å²) in [4.78, 5) is 11.8. The van der Waals surface area contributed by atoms with Gasteiger partial charge in [0.2, 0.25) is 0 Å². The van der Waals surface area contributed by atoms with Crippen LogP contribution in [0.5, 0.6) is 0 Å². The van der Waals surface area contributed by atoms with E-state index in [0.29, 0.717) is 17.9 Å². The van der Waals surface area contributed by atoms with Gasteiger partial charge in [0.15, 0.2) is 0 Å². The number of hydrogen-bond donors (Lipinski definition) is 2. The maximum atomic E-state index is 11.8. The van der Waals surface area contributed by atoms with E-state index in [0.717, 1.165) is 6.42 Å². The number of rotatable bonds is 5. The second-order valence-corrected chi connectivity index (χ2v) is 3.66. The lowest BCUT2D eigenvalue weighted by molar-refractivity contribution is 0.0894. The fourth-order valence-electron chi connectivity index (χ4n) is 1.41. The summed E-state index contributed by atoms with van der Waals surface area (Å²) in [5.41, 5.74) is 6.78. The second-order valence-electron chi connectivity index (χ2n) is 3.66. The number of anilines is 1. The predicted molar refractivity (Wildman–Crippen MR) is 64.3 cm³/mol. The molecule has 0 aliphatic carbocycles. The van der Waals surface area contributed by atoms with Gasteiger partial charge in [-0.1, -0.05) is 13.0 Å². The van der Waals surface area contributed by atoms with Crippen LogP contribution in [0.3, 0.4) is 0 Å². The topological polar surface area (TPSA) is 64.3 Å². The van der Waals surface area contributed by atoms with Crippen molar-refractivity contribution in [1.29, 1.82) is 0 Å². The first-order chi connectivity index (χ1) is 7.67. The number of nitrogen functional groups attached to an aromatic ring is 1. The molecule has 0 spiro atoms. The van der Waals surface area contributed by atoms with Crippen molar-refractivity contribution in [2.24, 2.45) is 0 Å². The molecule has 4 nitrogen and oxygen atoms in total. The van der Waals surface area contributed by atoms with Crippen LogP contribution in [0.25, 0.3) is 0 Å². The minimum Gasteiger partial charge on any atom is -0.399 e. The lowest BCUT2D eigenvalue weighted by Crippen LogP contribution is -2.37. The Labute approximate surface area is 95.8 Å². The van der Waals surface area contributed by atoms with Crippen molar-refractivity contribution in [2.45, 2.75) is 19.4 Å². The van der Waals surface area contributed by atoms with Crippen LogP contribution in [0, 0.1) is 0 Å². The van der Waals surface area contributed by atoms with E-state index in [4.69, 9.17) is 10.5 Å². The van der Waals surface area contributed by atoms with E-state index in [9.17, 15) is 4.79 Å². The number of nitrogens with two attached hydrogens (primary N) is 1. The van der Waals surface area contributed by atoms with Crippen molar-refractivity contribution in [2.75, 3.05) is 19.5 Å². The normalized spacial score (nSPS) is 12.1. The highest BCUT2D eigenvalue weighted by Gasteiger charge is 2.11. The molecule has 0 aromatic heterocycles. The molecule has 88 valence electrons. The van der Waals surface area contributed by atoms with Gasteiger partial charge in [-0.3, -0.25) is 4.79 Å². The summed E-state index contributed by atoms with van der Waals surface area (Å²) in [5.74, 6) is -0.115. The fraction of sp³-hybridized carbons (Fsp3) is 0.417. The number of amides is 1. The Kier molecular flexibility index (Phi) is 4.79. The van der Waals surface area contributed by atoms with Crippen molar-refractivity contribution in [3.8, 4) is 0 Å². The van der Waals surface area contributed by atoms with Gasteiger partial charge in [0, 0.05) is 18.4 Å². The third-order valence-corrected chi connectivity index (χ3v) is 2.34. The minimum atomic E-state index is -0.115. The summed E-state index contributed by atoms with van der Waals surface area (Å²) in [6, 6.07) is 6.96. The van der Waals surface area contributed by atoms with Crippen molar-refractivity contribution in [3.05, 3.63) is 29.8 Å². The average Bonchev–Trinajstić information content (AvgIpc) is 2.28. The maximum Gasteiger partial charge on any atom is 0.251 e. The van der Waals surface area contributed by atoms with Gasteiger partial charge >= 0.3 is 0 Å². The SMILES string of the molecule is CCC(COC)NC(=O)c1cccc(N)c1. The second kappa shape index (κ2) is 6.12. The molecule has 1 atom stereocenters. The van der Waals surface area contributed by atoms with Gasteiger partial charge in [0.25, 0.3) is 5.91 Å². The maximum absolute atomic E-state index is 11.8. The molecule has 0 aliphatic rings. The number of ether oxygens (including phenoxy) is 1. The van der Waals surface area contributed by atoms with E-state index in [1.165, 1.54) is 0 Å². The molecule has 0 bridgehead atoms. The molecule has 0 radical (unpaired) electrons. The van der Waals surface area contributed by atoms with Crippen LogP contribution in [0.2, 0.25) is 0 Å². The van der Waals surface area contributed by atoms with E-state index in [1.54, 1.807) is 31.4 Å². The number of nitrogens with one attached hydrogen (secondary N) is 1. The third-order valence-electron chi connectivity index (χ3n) is 2.34. The van der Waals surface area contributed by atoms with Crippen LogP contribution >= 0.6 is 0 Å². The van der Waals surface area contributed by atoms with Gasteiger partial charge in [-0.15, -0.1) is 0 Å². The molecule has 0 saturated heterocycles. The van der Waals surface area contributed by atoms with Crippen molar-refractivity contribution < 1.29 is 9.53 Å². The average molecular weight is 222 g/mol. The largest absolute Gasteiger partial charge is 0.399 e. The van der Waals surface area contributed by atoms with Gasteiger partial charge < -0.3 is 15.8 Å². The Hall–Kier alpha value is -1.55. The van der Waals surface area contributed by atoms with Crippen molar-refractivity contribution >= 4 is 11.6 Å². The molecule has 4 heteroatoms. The molecular weight excluding hydrogens is 204 g/mol. The molecule has 1 rings (SSSR count). The first kappa shape index (κ1) is 12.5. The van der Waals surface area contributed by atoms with Gasteiger partial charge in [-0.25, -0.2) is 0 Å². The summed E-state index contributed by atoms with van der Waals surface area (Å²) in [7, 11) is 1.62. The zero-order chi connectivity index (χ0) is 12.0. The van der Waals surface area contributed by atoms with Crippen molar-refractivity contribution in [3.63, 3.8) is 0 Å². The summed E-state index contributed by atoms with van der Waals surface area (Å²) in [5, 5.41) is 2.89. The molecular formula is C12H18N2O2. The summed E-state index contributed by atoms with van der Waals surface area (Å²) >= 11 is 0. The number of hydrogen-bond acceptors (Lipinski definition) is 3. The van der Waals surface area contributed by atoms with E-state index >= 15 is 0 Å². The molecule has 1 unspecified atom stereocenters. The van der Waals surface area contributed by atoms with Crippen LogP contribution in [0.1, 0.15) is 23.7 Å². The highest BCUT2D eigenvalue weighted by Crippen LogP contribution is 2.07. The molecule has 1 amide bonds. The Bertz CT molecular complexity index is 353. The van der Waals surface area contributed by atoms with E-state index in [2.05, 4.69) is 5.32 Å². The Morgan fingerprint density at radius 1 is 1.56 bits per heavy atom. The van der Waals surface area contributed by atoms with E-state index < -0.39 is 0 Å². The van der Waals surface area contributed by atoms with Gasteiger partial charge in [-0.05, 0) is 24.6 Å². The zero-order valence-electron chi connectivity index (χ0n) is 9.69. The molecule has 16 heavy (non-hydrogen) atoms. The van der Waals surface area contributed by atoms with Crippen LogP contribution in [0.15, 0.2) is 24.3 Å². The standard InChI is InChI=1S/C12H18N2O2/c1-3-11(8-16-2)14-12(15)9-5-4-6-10(13)7-9/h4-7,11H,3,8,13H2,1-2H3,(H,14,15). The molecule has 0 heterocycles. The van der Waals surface area contributed by atoms with Crippen molar-refractivity contribution in [1.82, 2.24) is 5.32 Å². The lowest BCUT2D eigenvalue weighted by atomic mass is 10.1. The van der Waals surface area contributed by atoms with Crippen LogP contribution in [0.4, 0.5) is 5.69 Å². The quantitative estimate of drug-likeness (QED) is 0.741. The number of methoxy groups -OCH3 is 1. The first-order valence-electron chi connectivity index (χ1n) is 5.32. The number of carbonyl (C=O) groups excluding carboxylic acids is 1. The molecule has 1 aromatic rings. The Balaban J connectivity index is 2.64. The molecule has 0 saturated carbocycles. The number of carbonyl (C=O) groups is 1. The van der Waals surface area contributed by atoms with Crippen LogP contribution in [-0.2, 0) is 4.74 Å². The molecule has 3 N–H and O–H groups in total. The smallest absolute Gasteiger partial charge is 0.251 e. The highest BCUT2D eigenvalue weighted by molar-refractivity contribution is 5.95. The number of benzene rings is 1. The predicted octanol–water partition coefficient (Wildman–Crippen LogP) is 1.42. The van der Waals surface area contributed by atoms with E-state index in [-0.39, 0.29) is 11.9 Å². The Morgan fingerprint density at radius 3 is 2.88 bits per heavy atom. The van der Waals surface area contributed by atoms with Gasteiger partial charge in [0.1, 0.15) is 0 Å². The first-order valence-corrected chi connectivity index (χ1v) is 5.32. The van der Waals surface area contributed by atoms with Gasteiger partial charge in [0.05, 0.1) is 12.6 Å². The summed E-state index contributed by atoms with van der Waals surface area (Å²) < 4.78 is 5.02. The molecule has 1 aromatic carbocycles. The summed E-state index contributed by atoms with van der Waals surface area (Å²) in [6.45, 7) is 2.52. The third kappa shape index (κ3) is 3.55. The monoisotopic (exact) mass is 222 g/mol. The molecule has 0 fully saturated rings.